The predicted octanol–water partition coefficient (Wildman–Crippen LogP) is 2.30. The number of hydrogen-bond acceptors (Lipinski definition) is 5. The first-order valence-corrected chi connectivity index (χ1v) is 5.42. The quantitative estimate of drug-likeness (QED) is 0.875. The fourth-order valence-electron chi connectivity index (χ4n) is 1.16. The average Bonchev–Trinajstić information content (AvgIpc) is 2.66. The Morgan fingerprint density at radius 2 is 2.25 bits per heavy atom. The normalized spacial score (nSPS) is 10.4. The first kappa shape index (κ1) is 10.9. The molecular weight excluding hydrogens is 274 g/mol. The van der Waals surface area contributed by atoms with Crippen molar-refractivity contribution in [1.82, 2.24) is 10.3 Å². The second-order valence-corrected chi connectivity index (χ2v) is 4.13. The number of halogens is 1. The van der Waals surface area contributed by atoms with Gasteiger partial charge in [-0.3, -0.25) is 0 Å². The highest BCUT2D eigenvalue weighted by Gasteiger charge is 2.07. The van der Waals surface area contributed by atoms with Crippen molar-refractivity contribution in [3.8, 4) is 5.75 Å². The molecule has 0 spiro atoms. The lowest BCUT2D eigenvalue weighted by molar-refractivity contribution is 0.269. The summed E-state index contributed by atoms with van der Waals surface area (Å²) in [5.41, 5.74) is 7.70. The molecule has 2 aromatic rings. The van der Waals surface area contributed by atoms with Crippen molar-refractivity contribution in [1.29, 1.82) is 0 Å². The number of ether oxygens (including phenoxy) is 1. The van der Waals surface area contributed by atoms with E-state index in [2.05, 4.69) is 30.9 Å². The number of hydrogen-bond donors (Lipinski definition) is 1. The third-order valence-corrected chi connectivity index (χ3v) is 2.72. The van der Waals surface area contributed by atoms with Crippen LogP contribution in [-0.4, -0.2) is 10.3 Å². The molecule has 0 saturated carbocycles. The van der Waals surface area contributed by atoms with E-state index in [1.165, 1.54) is 0 Å². The van der Waals surface area contributed by atoms with Gasteiger partial charge in [-0.1, -0.05) is 10.3 Å². The lowest BCUT2D eigenvalue weighted by Gasteiger charge is -2.07. The molecule has 0 amide bonds. The number of anilines is 1. The molecule has 2 rings (SSSR count). The maximum atomic E-state index is 5.66. The molecule has 0 bridgehead atoms. The predicted molar refractivity (Wildman–Crippen MR) is 61.9 cm³/mol. The largest absolute Gasteiger partial charge is 0.486 e. The molecule has 0 atom stereocenters. The molecule has 0 fully saturated rings. The number of nitrogens with two attached hydrogens (primary N) is 1. The summed E-state index contributed by atoms with van der Waals surface area (Å²) in [7, 11) is 0. The number of aromatic nitrogens is 2. The highest BCUT2D eigenvalue weighted by molar-refractivity contribution is 9.10. The molecule has 0 aliphatic rings. The van der Waals surface area contributed by atoms with Gasteiger partial charge in [-0.05, 0) is 35.0 Å². The summed E-state index contributed by atoms with van der Waals surface area (Å²) in [5, 5.41) is 7.39. The van der Waals surface area contributed by atoms with Gasteiger partial charge in [0.1, 0.15) is 23.7 Å². The molecule has 0 unspecified atom stereocenters. The van der Waals surface area contributed by atoms with Crippen molar-refractivity contribution >= 4 is 21.6 Å². The Labute approximate surface area is 101 Å². The van der Waals surface area contributed by atoms with Crippen LogP contribution in [0.15, 0.2) is 27.3 Å². The topological polar surface area (TPSA) is 74.2 Å². The van der Waals surface area contributed by atoms with Gasteiger partial charge in [0.05, 0.1) is 4.47 Å². The molecule has 1 aromatic carbocycles. The molecular formula is C10H10BrN3O2. The third kappa shape index (κ3) is 2.33. The van der Waals surface area contributed by atoms with E-state index in [1.54, 1.807) is 12.1 Å². The maximum absolute atomic E-state index is 5.66. The van der Waals surface area contributed by atoms with E-state index < -0.39 is 0 Å². The van der Waals surface area contributed by atoms with Crippen LogP contribution in [0.5, 0.6) is 5.75 Å². The molecule has 5 nitrogen and oxygen atoms in total. The molecule has 0 saturated heterocycles. The third-order valence-electron chi connectivity index (χ3n) is 2.07. The van der Waals surface area contributed by atoms with Crippen molar-refractivity contribution in [2.45, 2.75) is 13.5 Å². The first-order valence-electron chi connectivity index (χ1n) is 4.62. The molecule has 2 N–H and O–H groups in total. The van der Waals surface area contributed by atoms with Gasteiger partial charge in [-0.2, -0.15) is 0 Å². The Hall–Kier alpha value is -1.56. The van der Waals surface area contributed by atoms with Gasteiger partial charge in [0.15, 0.2) is 0 Å². The van der Waals surface area contributed by atoms with Crippen molar-refractivity contribution < 1.29 is 9.37 Å². The fourth-order valence-corrected chi connectivity index (χ4v) is 1.52. The Kier molecular flexibility index (Phi) is 3.09. The van der Waals surface area contributed by atoms with E-state index >= 15 is 0 Å². The summed E-state index contributed by atoms with van der Waals surface area (Å²) >= 11 is 3.37. The zero-order valence-electron chi connectivity index (χ0n) is 8.61. The molecule has 6 heteroatoms. The lowest BCUT2D eigenvalue weighted by Crippen LogP contribution is -1.99. The molecule has 1 aromatic heterocycles. The molecule has 0 aliphatic heterocycles. The molecule has 16 heavy (non-hydrogen) atoms. The fraction of sp³-hybridized carbons (Fsp3) is 0.200. The van der Waals surface area contributed by atoms with Crippen LogP contribution in [0.25, 0.3) is 0 Å². The van der Waals surface area contributed by atoms with Crippen molar-refractivity contribution in [3.05, 3.63) is 34.1 Å². The van der Waals surface area contributed by atoms with E-state index in [4.69, 9.17) is 10.5 Å². The van der Waals surface area contributed by atoms with E-state index in [-0.39, 0.29) is 0 Å². The van der Waals surface area contributed by atoms with Crippen LogP contribution < -0.4 is 10.5 Å². The number of benzene rings is 1. The summed E-state index contributed by atoms with van der Waals surface area (Å²) in [5.74, 6) is 0.669. The van der Waals surface area contributed by atoms with Crippen LogP contribution in [-0.2, 0) is 6.61 Å². The summed E-state index contributed by atoms with van der Waals surface area (Å²) in [4.78, 5) is 0. The zero-order valence-corrected chi connectivity index (χ0v) is 10.2. The van der Waals surface area contributed by atoms with Gasteiger partial charge in [0.25, 0.3) is 0 Å². The maximum Gasteiger partial charge on any atom is 0.145 e. The van der Waals surface area contributed by atoms with Gasteiger partial charge >= 0.3 is 0 Å². The van der Waals surface area contributed by atoms with E-state index in [9.17, 15) is 0 Å². The number of nitrogens with zero attached hydrogens (tertiary/aromatic N) is 2. The Morgan fingerprint density at radius 3 is 2.94 bits per heavy atom. The monoisotopic (exact) mass is 283 g/mol. The molecule has 0 radical (unpaired) electrons. The van der Waals surface area contributed by atoms with Gasteiger partial charge in [-0.25, -0.2) is 4.63 Å². The van der Waals surface area contributed by atoms with Crippen LogP contribution in [0.4, 0.5) is 5.69 Å². The van der Waals surface area contributed by atoms with Crippen LogP contribution in [0.3, 0.4) is 0 Å². The second-order valence-electron chi connectivity index (χ2n) is 3.27. The van der Waals surface area contributed by atoms with Crippen LogP contribution in [0.2, 0.25) is 0 Å². The van der Waals surface area contributed by atoms with E-state index in [0.717, 1.165) is 10.2 Å². The van der Waals surface area contributed by atoms with Gasteiger partial charge < -0.3 is 10.5 Å². The van der Waals surface area contributed by atoms with Crippen molar-refractivity contribution in [3.63, 3.8) is 0 Å². The molecule has 0 aliphatic carbocycles. The Balaban J connectivity index is 2.10. The minimum atomic E-state index is 0.303. The SMILES string of the molecule is Cc1nonc1COc1cc(N)ccc1Br. The van der Waals surface area contributed by atoms with Gasteiger partial charge in [0, 0.05) is 11.8 Å². The summed E-state index contributed by atoms with van der Waals surface area (Å²) in [6.07, 6.45) is 0. The number of rotatable bonds is 3. The summed E-state index contributed by atoms with van der Waals surface area (Å²) < 4.78 is 11.0. The number of nitrogen functional groups attached to an aromatic ring is 1. The second kappa shape index (κ2) is 4.52. The van der Waals surface area contributed by atoms with Gasteiger partial charge in [0.2, 0.25) is 0 Å². The van der Waals surface area contributed by atoms with Gasteiger partial charge in [-0.15, -0.1) is 0 Å². The number of aryl methyl sites for hydroxylation is 1. The van der Waals surface area contributed by atoms with Crippen LogP contribution in [0, 0.1) is 6.92 Å². The smallest absolute Gasteiger partial charge is 0.145 e. The molecule has 84 valence electrons. The van der Waals surface area contributed by atoms with Crippen molar-refractivity contribution in [2.24, 2.45) is 0 Å². The minimum absolute atomic E-state index is 0.303. The summed E-state index contributed by atoms with van der Waals surface area (Å²) in [6, 6.07) is 5.37. The Bertz CT molecular complexity index is 499. The van der Waals surface area contributed by atoms with Crippen LogP contribution >= 0.6 is 15.9 Å². The van der Waals surface area contributed by atoms with Crippen molar-refractivity contribution in [2.75, 3.05) is 5.73 Å². The van der Waals surface area contributed by atoms with Crippen LogP contribution in [0.1, 0.15) is 11.4 Å². The standard InChI is InChI=1S/C10H10BrN3O2/c1-6-9(14-16-13-6)5-15-10-4-7(12)2-3-8(10)11/h2-4H,5,12H2,1H3. The molecule has 1 heterocycles. The summed E-state index contributed by atoms with van der Waals surface area (Å²) in [6.45, 7) is 2.11. The minimum Gasteiger partial charge on any atom is -0.486 e. The lowest BCUT2D eigenvalue weighted by atomic mass is 10.3. The Morgan fingerprint density at radius 1 is 1.44 bits per heavy atom. The zero-order chi connectivity index (χ0) is 11.5. The first-order chi connectivity index (χ1) is 7.66. The van der Waals surface area contributed by atoms with E-state index in [1.807, 2.05) is 13.0 Å². The van der Waals surface area contributed by atoms with E-state index in [0.29, 0.717) is 23.7 Å². The highest BCUT2D eigenvalue weighted by atomic mass is 79.9. The highest BCUT2D eigenvalue weighted by Crippen LogP contribution is 2.27. The average molecular weight is 284 g/mol.